The molecule has 160 valence electrons. The average Bonchev–Trinajstić information content (AvgIpc) is 2.77. The van der Waals surface area contributed by atoms with Gasteiger partial charge < -0.3 is 5.32 Å². The van der Waals surface area contributed by atoms with E-state index in [1.807, 2.05) is 18.2 Å². The Hall–Kier alpha value is -1.84. The summed E-state index contributed by atoms with van der Waals surface area (Å²) in [6.45, 7) is 4.99. The minimum absolute atomic E-state index is 0.118. The number of carbonyl (C=O) groups excluding carboxylic acids is 1. The molecule has 30 heavy (non-hydrogen) atoms. The molecule has 0 radical (unpaired) electrons. The van der Waals surface area contributed by atoms with E-state index < -0.39 is 0 Å². The number of rotatable bonds is 6. The second-order valence-corrected chi connectivity index (χ2v) is 9.32. The van der Waals surface area contributed by atoms with Crippen LogP contribution >= 0.6 is 11.6 Å². The van der Waals surface area contributed by atoms with Crippen LogP contribution in [0.1, 0.15) is 67.3 Å². The summed E-state index contributed by atoms with van der Waals surface area (Å²) in [7, 11) is 0. The Morgan fingerprint density at radius 3 is 2.60 bits per heavy atom. The van der Waals surface area contributed by atoms with Gasteiger partial charge in [-0.1, -0.05) is 48.9 Å². The summed E-state index contributed by atoms with van der Waals surface area (Å²) >= 11 is 6.11. The van der Waals surface area contributed by atoms with E-state index in [-0.39, 0.29) is 17.9 Å². The number of nitrogens with one attached hydrogen (secondary N) is 1. The highest BCUT2D eigenvalue weighted by molar-refractivity contribution is 6.30. The molecule has 3 nitrogen and oxygen atoms in total. The molecule has 4 heteroatoms. The van der Waals surface area contributed by atoms with E-state index in [0.29, 0.717) is 0 Å². The molecule has 0 unspecified atom stereocenters. The fraction of sp³-hybridized carbons (Fsp3) is 0.500. The summed E-state index contributed by atoms with van der Waals surface area (Å²) in [5.41, 5.74) is 5.49. The standard InChI is InChI=1S/C26H33ClN2O/c1-2-25(23-11-10-20-7-3-4-8-22(20)17-23)28-26(30)21-12-14-29(15-13-21)18-19-6-5-9-24(27)16-19/h5-6,9-11,16-17,21,25H,2-4,7-8,12-15,18H2,1H3,(H,28,30)/t25-/m1/s1. The van der Waals surface area contributed by atoms with Crippen LogP contribution in [0.2, 0.25) is 5.02 Å². The first-order valence-corrected chi connectivity index (χ1v) is 11.9. The maximum absolute atomic E-state index is 13.0. The zero-order valence-electron chi connectivity index (χ0n) is 18.0. The predicted octanol–water partition coefficient (Wildman–Crippen LogP) is 5.70. The number of fused-ring (bicyclic) bond motifs is 1. The van der Waals surface area contributed by atoms with E-state index in [9.17, 15) is 4.79 Å². The van der Waals surface area contributed by atoms with Crippen molar-refractivity contribution < 1.29 is 4.79 Å². The van der Waals surface area contributed by atoms with E-state index in [2.05, 4.69) is 41.4 Å². The zero-order chi connectivity index (χ0) is 20.9. The lowest BCUT2D eigenvalue weighted by Gasteiger charge is -2.32. The SMILES string of the molecule is CC[C@@H](NC(=O)C1CCN(Cc2cccc(Cl)c2)CC1)c1ccc2c(c1)CCCC2. The molecule has 2 aromatic rings. The van der Waals surface area contributed by atoms with Crippen LogP contribution in [-0.4, -0.2) is 23.9 Å². The number of hydrogen-bond acceptors (Lipinski definition) is 2. The summed E-state index contributed by atoms with van der Waals surface area (Å²) in [6.07, 6.45) is 7.74. The third kappa shape index (κ3) is 5.25. The highest BCUT2D eigenvalue weighted by Crippen LogP contribution is 2.27. The fourth-order valence-corrected chi connectivity index (χ4v) is 5.14. The number of amides is 1. The number of aryl methyl sites for hydroxylation is 2. The van der Waals surface area contributed by atoms with Crippen LogP contribution in [0.3, 0.4) is 0 Å². The molecule has 1 saturated heterocycles. The number of halogens is 1. The van der Waals surface area contributed by atoms with Crippen molar-refractivity contribution in [3.8, 4) is 0 Å². The minimum Gasteiger partial charge on any atom is -0.349 e. The molecule has 0 spiro atoms. The van der Waals surface area contributed by atoms with Crippen molar-refractivity contribution in [2.45, 2.75) is 64.5 Å². The topological polar surface area (TPSA) is 32.3 Å². The summed E-state index contributed by atoms with van der Waals surface area (Å²) in [5.74, 6) is 0.342. The predicted molar refractivity (Wildman–Crippen MR) is 124 cm³/mol. The molecule has 0 saturated carbocycles. The Kier molecular flexibility index (Phi) is 7.12. The van der Waals surface area contributed by atoms with Crippen molar-refractivity contribution in [1.29, 1.82) is 0 Å². The van der Waals surface area contributed by atoms with Crippen molar-refractivity contribution in [2.24, 2.45) is 5.92 Å². The Morgan fingerprint density at radius 1 is 1.10 bits per heavy atom. The lowest BCUT2D eigenvalue weighted by molar-refractivity contribution is -0.127. The van der Waals surface area contributed by atoms with E-state index in [1.54, 1.807) is 0 Å². The number of carbonyl (C=O) groups is 1. The minimum atomic E-state index is 0.118. The van der Waals surface area contributed by atoms with Gasteiger partial charge in [-0.2, -0.15) is 0 Å². The molecule has 4 rings (SSSR count). The van der Waals surface area contributed by atoms with Gasteiger partial charge in [0.1, 0.15) is 0 Å². The number of piperidine rings is 1. The first kappa shape index (κ1) is 21.4. The van der Waals surface area contributed by atoms with Crippen molar-refractivity contribution in [1.82, 2.24) is 10.2 Å². The maximum Gasteiger partial charge on any atom is 0.223 e. The maximum atomic E-state index is 13.0. The van der Waals surface area contributed by atoms with Crippen molar-refractivity contribution in [2.75, 3.05) is 13.1 Å². The highest BCUT2D eigenvalue weighted by atomic mass is 35.5. The molecule has 0 aromatic heterocycles. The average molecular weight is 425 g/mol. The Bertz CT molecular complexity index is 873. The van der Waals surface area contributed by atoms with Gasteiger partial charge >= 0.3 is 0 Å². The van der Waals surface area contributed by atoms with E-state index in [0.717, 1.165) is 43.9 Å². The van der Waals surface area contributed by atoms with Gasteiger partial charge in [-0.3, -0.25) is 9.69 Å². The van der Waals surface area contributed by atoms with Gasteiger partial charge in [0.05, 0.1) is 6.04 Å². The number of benzene rings is 2. The van der Waals surface area contributed by atoms with Gasteiger partial charge in [0.15, 0.2) is 0 Å². The summed E-state index contributed by atoms with van der Waals surface area (Å²) in [5, 5.41) is 4.14. The van der Waals surface area contributed by atoms with Crippen molar-refractivity contribution >= 4 is 17.5 Å². The molecule has 1 N–H and O–H groups in total. The van der Waals surface area contributed by atoms with Crippen LogP contribution in [0.25, 0.3) is 0 Å². The second-order valence-electron chi connectivity index (χ2n) is 8.89. The monoisotopic (exact) mass is 424 g/mol. The molecular formula is C26H33ClN2O. The van der Waals surface area contributed by atoms with Gasteiger partial charge in [-0.15, -0.1) is 0 Å². The van der Waals surface area contributed by atoms with Gasteiger partial charge in [0.2, 0.25) is 5.91 Å². The fourth-order valence-electron chi connectivity index (χ4n) is 4.93. The Labute approximate surface area is 185 Å². The summed E-state index contributed by atoms with van der Waals surface area (Å²) in [6, 6.07) is 15.0. The van der Waals surface area contributed by atoms with Crippen LogP contribution in [-0.2, 0) is 24.2 Å². The largest absolute Gasteiger partial charge is 0.349 e. The molecule has 1 aliphatic heterocycles. The third-order valence-corrected chi connectivity index (χ3v) is 6.99. The molecule has 1 aliphatic carbocycles. The van der Waals surface area contributed by atoms with Crippen LogP contribution in [0.15, 0.2) is 42.5 Å². The van der Waals surface area contributed by atoms with E-state index in [1.165, 1.54) is 47.9 Å². The highest BCUT2D eigenvalue weighted by Gasteiger charge is 2.27. The Balaban J connectivity index is 1.31. The molecular weight excluding hydrogens is 392 g/mol. The van der Waals surface area contributed by atoms with Crippen molar-refractivity contribution in [3.05, 3.63) is 69.7 Å². The molecule has 2 aliphatic rings. The molecule has 1 heterocycles. The smallest absolute Gasteiger partial charge is 0.223 e. The van der Waals surface area contributed by atoms with Crippen molar-refractivity contribution in [3.63, 3.8) is 0 Å². The summed E-state index contributed by atoms with van der Waals surface area (Å²) in [4.78, 5) is 15.4. The van der Waals surface area contributed by atoms with Crippen LogP contribution in [0.5, 0.6) is 0 Å². The summed E-state index contributed by atoms with van der Waals surface area (Å²) < 4.78 is 0. The van der Waals surface area contributed by atoms with E-state index in [4.69, 9.17) is 11.6 Å². The second kappa shape index (κ2) is 9.98. The van der Waals surface area contributed by atoms with Gasteiger partial charge in [-0.25, -0.2) is 0 Å². The van der Waals surface area contributed by atoms with E-state index >= 15 is 0 Å². The first-order valence-electron chi connectivity index (χ1n) is 11.5. The quantitative estimate of drug-likeness (QED) is 0.645. The molecule has 0 bridgehead atoms. The lowest BCUT2D eigenvalue weighted by Crippen LogP contribution is -2.41. The molecule has 1 amide bonds. The van der Waals surface area contributed by atoms with Gasteiger partial charge in [-0.05, 0) is 92.4 Å². The third-order valence-electron chi connectivity index (χ3n) is 6.75. The van der Waals surface area contributed by atoms with Crippen LogP contribution in [0, 0.1) is 5.92 Å². The zero-order valence-corrected chi connectivity index (χ0v) is 18.8. The first-order chi connectivity index (χ1) is 14.6. The Morgan fingerprint density at radius 2 is 1.87 bits per heavy atom. The molecule has 2 aromatic carbocycles. The van der Waals surface area contributed by atoms with Gasteiger partial charge in [0.25, 0.3) is 0 Å². The van der Waals surface area contributed by atoms with Crippen LogP contribution in [0.4, 0.5) is 0 Å². The number of nitrogens with zero attached hydrogens (tertiary/aromatic N) is 1. The normalized spacial score (nSPS) is 18.6. The van der Waals surface area contributed by atoms with Crippen LogP contribution < -0.4 is 5.32 Å². The molecule has 1 fully saturated rings. The van der Waals surface area contributed by atoms with Gasteiger partial charge in [0, 0.05) is 17.5 Å². The number of likely N-dealkylation sites (tertiary alicyclic amines) is 1. The molecule has 1 atom stereocenters. The number of hydrogen-bond donors (Lipinski definition) is 1. The lowest BCUT2D eigenvalue weighted by atomic mass is 9.88.